The van der Waals surface area contributed by atoms with Crippen LogP contribution in [0, 0.1) is 12.7 Å². The first-order valence-electron chi connectivity index (χ1n) is 6.81. The number of carbonyl (C=O) groups is 2. The molecule has 0 aliphatic heterocycles. The highest BCUT2D eigenvalue weighted by molar-refractivity contribution is 5.95. The van der Waals surface area contributed by atoms with Crippen molar-refractivity contribution in [3.63, 3.8) is 0 Å². The van der Waals surface area contributed by atoms with Gasteiger partial charge >= 0.3 is 0 Å². The summed E-state index contributed by atoms with van der Waals surface area (Å²) in [6.07, 6.45) is 1.73. The van der Waals surface area contributed by atoms with Crippen LogP contribution < -0.4 is 10.6 Å². The van der Waals surface area contributed by atoms with Crippen LogP contribution in [0.15, 0.2) is 42.6 Å². The molecule has 6 heteroatoms. The van der Waals surface area contributed by atoms with E-state index in [9.17, 15) is 14.0 Å². The molecule has 1 heterocycles. The predicted molar refractivity (Wildman–Crippen MR) is 81.0 cm³/mol. The third-order valence-corrected chi connectivity index (χ3v) is 2.93. The van der Waals surface area contributed by atoms with Gasteiger partial charge in [-0.25, -0.2) is 9.37 Å². The maximum Gasteiger partial charge on any atom is 0.254 e. The fourth-order valence-electron chi connectivity index (χ4n) is 1.78. The second kappa shape index (κ2) is 7.31. The number of anilines is 1. The summed E-state index contributed by atoms with van der Waals surface area (Å²) in [6, 6.07) is 9.22. The first kappa shape index (κ1) is 15.6. The second-order valence-corrected chi connectivity index (χ2v) is 4.75. The quantitative estimate of drug-likeness (QED) is 0.890. The minimum Gasteiger partial charge on any atom is -0.351 e. The first-order valence-corrected chi connectivity index (χ1v) is 6.81. The van der Waals surface area contributed by atoms with Crippen molar-refractivity contribution in [3.05, 3.63) is 59.5 Å². The Labute approximate surface area is 127 Å². The van der Waals surface area contributed by atoms with Crippen LogP contribution in [0.3, 0.4) is 0 Å². The van der Waals surface area contributed by atoms with E-state index >= 15 is 0 Å². The predicted octanol–water partition coefficient (Wildman–Crippen LogP) is 2.29. The number of amides is 2. The summed E-state index contributed by atoms with van der Waals surface area (Å²) in [4.78, 5) is 27.5. The van der Waals surface area contributed by atoms with Gasteiger partial charge in [0, 0.05) is 19.2 Å². The third-order valence-electron chi connectivity index (χ3n) is 2.93. The van der Waals surface area contributed by atoms with Crippen molar-refractivity contribution in [1.82, 2.24) is 10.3 Å². The normalized spacial score (nSPS) is 10.1. The number of aromatic nitrogens is 1. The van der Waals surface area contributed by atoms with E-state index in [1.165, 1.54) is 18.2 Å². The molecule has 0 spiro atoms. The summed E-state index contributed by atoms with van der Waals surface area (Å²) < 4.78 is 13.4. The van der Waals surface area contributed by atoms with Gasteiger partial charge in [0.1, 0.15) is 11.6 Å². The highest BCUT2D eigenvalue weighted by Gasteiger charge is 2.11. The Balaban J connectivity index is 1.78. The molecule has 2 rings (SSSR count). The lowest BCUT2D eigenvalue weighted by atomic mass is 10.2. The number of hydrogen-bond donors (Lipinski definition) is 2. The van der Waals surface area contributed by atoms with E-state index < -0.39 is 11.7 Å². The minimum atomic E-state index is -0.590. The molecule has 114 valence electrons. The molecule has 2 amide bonds. The minimum absolute atomic E-state index is 0.0388. The van der Waals surface area contributed by atoms with Gasteiger partial charge in [-0.2, -0.15) is 0 Å². The van der Waals surface area contributed by atoms with E-state index in [0.717, 1.165) is 5.56 Å². The molecule has 0 aliphatic carbocycles. The van der Waals surface area contributed by atoms with Gasteiger partial charge < -0.3 is 10.6 Å². The van der Waals surface area contributed by atoms with Crippen LogP contribution >= 0.6 is 0 Å². The number of carbonyl (C=O) groups excluding carboxylic acids is 2. The summed E-state index contributed by atoms with van der Waals surface area (Å²) in [7, 11) is 0. The van der Waals surface area contributed by atoms with Crippen molar-refractivity contribution < 1.29 is 14.0 Å². The number of benzene rings is 1. The number of halogens is 1. The van der Waals surface area contributed by atoms with E-state index in [0.29, 0.717) is 5.82 Å². The fourth-order valence-corrected chi connectivity index (χ4v) is 1.78. The highest BCUT2D eigenvalue weighted by Crippen LogP contribution is 2.06. The van der Waals surface area contributed by atoms with Gasteiger partial charge in [-0.05, 0) is 30.7 Å². The van der Waals surface area contributed by atoms with E-state index in [1.54, 1.807) is 18.3 Å². The Morgan fingerprint density at radius 3 is 2.64 bits per heavy atom. The van der Waals surface area contributed by atoms with Crippen molar-refractivity contribution in [3.8, 4) is 0 Å². The van der Waals surface area contributed by atoms with E-state index in [2.05, 4.69) is 15.6 Å². The van der Waals surface area contributed by atoms with Crippen LogP contribution in [-0.4, -0.2) is 23.3 Å². The number of nitrogens with one attached hydrogen (secondary N) is 2. The van der Waals surface area contributed by atoms with Crippen molar-refractivity contribution in [2.45, 2.75) is 13.3 Å². The maximum absolute atomic E-state index is 13.4. The molecule has 2 N–H and O–H groups in total. The van der Waals surface area contributed by atoms with E-state index in [1.807, 2.05) is 13.0 Å². The van der Waals surface area contributed by atoms with Crippen molar-refractivity contribution in [2.75, 3.05) is 11.9 Å². The number of nitrogens with zero attached hydrogens (tertiary/aromatic N) is 1. The van der Waals surface area contributed by atoms with E-state index in [-0.39, 0.29) is 24.4 Å². The molecule has 0 unspecified atom stereocenters. The van der Waals surface area contributed by atoms with Gasteiger partial charge in [0.05, 0.1) is 5.56 Å². The van der Waals surface area contributed by atoms with Crippen LogP contribution in [0.4, 0.5) is 10.2 Å². The topological polar surface area (TPSA) is 71.1 Å². The Kier molecular flexibility index (Phi) is 5.19. The lowest BCUT2D eigenvalue weighted by Gasteiger charge is -2.07. The fraction of sp³-hybridized carbons (Fsp3) is 0.188. The number of aryl methyl sites for hydroxylation is 1. The monoisotopic (exact) mass is 301 g/mol. The summed E-state index contributed by atoms with van der Waals surface area (Å²) in [5.41, 5.74) is 0.957. The van der Waals surface area contributed by atoms with Crippen LogP contribution in [0.25, 0.3) is 0 Å². The van der Waals surface area contributed by atoms with Gasteiger partial charge in [-0.15, -0.1) is 0 Å². The lowest BCUT2D eigenvalue weighted by Crippen LogP contribution is -2.28. The van der Waals surface area contributed by atoms with Crippen molar-refractivity contribution >= 4 is 17.6 Å². The van der Waals surface area contributed by atoms with Crippen LogP contribution in [0.2, 0.25) is 0 Å². The van der Waals surface area contributed by atoms with Crippen molar-refractivity contribution in [1.29, 1.82) is 0 Å². The Morgan fingerprint density at radius 2 is 1.95 bits per heavy atom. The highest BCUT2D eigenvalue weighted by atomic mass is 19.1. The molecule has 0 atom stereocenters. The summed E-state index contributed by atoms with van der Waals surface area (Å²) >= 11 is 0. The molecule has 0 saturated carbocycles. The SMILES string of the molecule is Cc1ccc(NC(=O)CCNC(=O)c2ccccc2F)nc1. The Hall–Kier alpha value is -2.76. The molecule has 2 aromatic rings. The molecule has 1 aromatic heterocycles. The average Bonchev–Trinajstić information content (AvgIpc) is 2.50. The summed E-state index contributed by atoms with van der Waals surface area (Å²) in [6.45, 7) is 2.02. The largest absolute Gasteiger partial charge is 0.351 e. The van der Waals surface area contributed by atoms with E-state index in [4.69, 9.17) is 0 Å². The number of rotatable bonds is 5. The molecular formula is C16H16FN3O2. The van der Waals surface area contributed by atoms with Crippen LogP contribution in [0.5, 0.6) is 0 Å². The third kappa shape index (κ3) is 4.37. The molecule has 0 saturated heterocycles. The zero-order valence-corrected chi connectivity index (χ0v) is 12.1. The molecule has 5 nitrogen and oxygen atoms in total. The zero-order valence-electron chi connectivity index (χ0n) is 12.1. The molecule has 0 aliphatic rings. The lowest BCUT2D eigenvalue weighted by molar-refractivity contribution is -0.116. The number of pyridine rings is 1. The number of hydrogen-bond acceptors (Lipinski definition) is 3. The molecule has 22 heavy (non-hydrogen) atoms. The van der Waals surface area contributed by atoms with Crippen molar-refractivity contribution in [2.24, 2.45) is 0 Å². The molecule has 0 fully saturated rings. The van der Waals surface area contributed by atoms with Gasteiger partial charge in [0.25, 0.3) is 5.91 Å². The first-order chi connectivity index (χ1) is 10.6. The summed E-state index contributed by atoms with van der Waals surface area (Å²) in [5, 5.41) is 5.12. The van der Waals surface area contributed by atoms with Crippen LogP contribution in [-0.2, 0) is 4.79 Å². The van der Waals surface area contributed by atoms with Gasteiger partial charge in [-0.1, -0.05) is 18.2 Å². The van der Waals surface area contributed by atoms with Gasteiger partial charge in [0.15, 0.2) is 0 Å². The van der Waals surface area contributed by atoms with Gasteiger partial charge in [-0.3, -0.25) is 9.59 Å². The summed E-state index contributed by atoms with van der Waals surface area (Å²) in [5.74, 6) is -0.950. The molecule has 1 aromatic carbocycles. The Bertz CT molecular complexity index is 671. The zero-order chi connectivity index (χ0) is 15.9. The molecule has 0 radical (unpaired) electrons. The van der Waals surface area contributed by atoms with Gasteiger partial charge in [0.2, 0.25) is 5.91 Å². The van der Waals surface area contributed by atoms with Crippen LogP contribution in [0.1, 0.15) is 22.3 Å². The molecule has 0 bridgehead atoms. The maximum atomic E-state index is 13.4. The smallest absolute Gasteiger partial charge is 0.254 e. The average molecular weight is 301 g/mol. The Morgan fingerprint density at radius 1 is 1.18 bits per heavy atom. The molecular weight excluding hydrogens is 285 g/mol. The second-order valence-electron chi connectivity index (χ2n) is 4.75. The standard InChI is InChI=1S/C16H16FN3O2/c1-11-6-7-14(19-10-11)20-15(21)8-9-18-16(22)12-4-2-3-5-13(12)17/h2-7,10H,8-9H2,1H3,(H,18,22)(H,19,20,21).